The minimum Gasteiger partial charge on any atom is -0.384 e. The van der Waals surface area contributed by atoms with Crippen molar-refractivity contribution in [2.24, 2.45) is 0 Å². The zero-order valence-corrected chi connectivity index (χ0v) is 7.61. The van der Waals surface area contributed by atoms with Crippen LogP contribution < -0.4 is 5.32 Å². The lowest BCUT2D eigenvalue weighted by Gasteiger charge is -2.21. The van der Waals surface area contributed by atoms with E-state index in [1.54, 1.807) is 11.3 Å². The van der Waals surface area contributed by atoms with Crippen molar-refractivity contribution in [2.45, 2.75) is 12.5 Å². The molecule has 0 fully saturated rings. The van der Waals surface area contributed by atoms with E-state index >= 15 is 0 Å². The molecule has 1 heterocycles. The van der Waals surface area contributed by atoms with Crippen molar-refractivity contribution < 1.29 is 5.11 Å². The van der Waals surface area contributed by atoms with Crippen LogP contribution in [0.5, 0.6) is 0 Å². The molecule has 0 saturated heterocycles. The van der Waals surface area contributed by atoms with Crippen LogP contribution in [0.1, 0.15) is 12.5 Å². The second-order valence-electron chi connectivity index (χ2n) is 2.82. The minimum absolute atomic E-state index is 0.587. The standard InChI is InChI=1S/C8H13NOS/c1-8(10,6-9-2)7-3-4-11-5-7/h3-5,9-10H,6H2,1-2H3. The number of aliphatic hydroxyl groups is 1. The van der Waals surface area contributed by atoms with Crippen LogP contribution >= 0.6 is 11.3 Å². The smallest absolute Gasteiger partial charge is 0.1000 e. The first kappa shape index (κ1) is 8.71. The molecule has 3 heteroatoms. The quantitative estimate of drug-likeness (QED) is 0.715. The molecule has 0 radical (unpaired) electrons. The van der Waals surface area contributed by atoms with Crippen molar-refractivity contribution in [1.82, 2.24) is 5.32 Å². The lowest BCUT2D eigenvalue weighted by molar-refractivity contribution is 0.0596. The molecular weight excluding hydrogens is 158 g/mol. The summed E-state index contributed by atoms with van der Waals surface area (Å²) >= 11 is 1.60. The maximum atomic E-state index is 9.82. The molecule has 2 N–H and O–H groups in total. The summed E-state index contributed by atoms with van der Waals surface area (Å²) in [6.07, 6.45) is 0. The average molecular weight is 171 g/mol. The van der Waals surface area contributed by atoms with Crippen LogP contribution in [0.4, 0.5) is 0 Å². The van der Waals surface area contributed by atoms with E-state index in [0.717, 1.165) is 5.56 Å². The number of nitrogens with one attached hydrogen (secondary N) is 1. The molecular formula is C8H13NOS. The Kier molecular flexibility index (Phi) is 2.65. The van der Waals surface area contributed by atoms with Crippen molar-refractivity contribution in [3.63, 3.8) is 0 Å². The van der Waals surface area contributed by atoms with Crippen LogP contribution in [0, 0.1) is 0 Å². The van der Waals surface area contributed by atoms with Crippen LogP contribution in [0.3, 0.4) is 0 Å². The molecule has 62 valence electrons. The third kappa shape index (κ3) is 2.02. The Balaban J connectivity index is 2.73. The molecule has 0 saturated carbocycles. The van der Waals surface area contributed by atoms with E-state index in [0.29, 0.717) is 6.54 Å². The Morgan fingerprint density at radius 1 is 1.73 bits per heavy atom. The van der Waals surface area contributed by atoms with E-state index in [9.17, 15) is 5.11 Å². The molecule has 0 aromatic carbocycles. The van der Waals surface area contributed by atoms with Gasteiger partial charge in [0.15, 0.2) is 0 Å². The van der Waals surface area contributed by atoms with Gasteiger partial charge < -0.3 is 10.4 Å². The fraction of sp³-hybridized carbons (Fsp3) is 0.500. The third-order valence-electron chi connectivity index (χ3n) is 1.66. The summed E-state index contributed by atoms with van der Waals surface area (Å²) in [5, 5.41) is 16.7. The monoisotopic (exact) mass is 171 g/mol. The number of hydrogen-bond donors (Lipinski definition) is 2. The first-order valence-corrected chi connectivity index (χ1v) is 4.51. The maximum Gasteiger partial charge on any atom is 0.1000 e. The van der Waals surface area contributed by atoms with E-state index in [1.165, 1.54) is 0 Å². The predicted octanol–water partition coefficient (Wildman–Crippen LogP) is 1.18. The number of hydrogen-bond acceptors (Lipinski definition) is 3. The van der Waals surface area contributed by atoms with Crippen LogP contribution in [0.2, 0.25) is 0 Å². The highest BCUT2D eigenvalue weighted by Gasteiger charge is 2.21. The highest BCUT2D eigenvalue weighted by molar-refractivity contribution is 7.08. The van der Waals surface area contributed by atoms with Crippen molar-refractivity contribution >= 4 is 11.3 Å². The van der Waals surface area contributed by atoms with Gasteiger partial charge in [0.1, 0.15) is 0 Å². The normalized spacial score (nSPS) is 16.3. The van der Waals surface area contributed by atoms with E-state index in [2.05, 4.69) is 5.32 Å². The molecule has 1 rings (SSSR count). The van der Waals surface area contributed by atoms with Gasteiger partial charge in [0, 0.05) is 6.54 Å². The number of likely N-dealkylation sites (N-methyl/N-ethyl adjacent to an activating group) is 1. The second-order valence-corrected chi connectivity index (χ2v) is 3.60. The van der Waals surface area contributed by atoms with Crippen LogP contribution in [-0.2, 0) is 5.60 Å². The summed E-state index contributed by atoms with van der Waals surface area (Å²) in [5.41, 5.74) is 0.256. The zero-order chi connectivity index (χ0) is 8.32. The highest BCUT2D eigenvalue weighted by atomic mass is 32.1. The van der Waals surface area contributed by atoms with Crippen LogP contribution in [0.15, 0.2) is 16.8 Å². The number of rotatable bonds is 3. The summed E-state index contributed by atoms with van der Waals surface area (Å²) in [7, 11) is 1.83. The maximum absolute atomic E-state index is 9.82. The predicted molar refractivity (Wildman–Crippen MR) is 47.8 cm³/mol. The Morgan fingerprint density at radius 3 is 2.91 bits per heavy atom. The Hall–Kier alpha value is -0.380. The van der Waals surface area contributed by atoms with E-state index in [-0.39, 0.29) is 0 Å². The highest BCUT2D eigenvalue weighted by Crippen LogP contribution is 2.21. The SMILES string of the molecule is CNCC(C)(O)c1ccsc1. The van der Waals surface area contributed by atoms with Crippen molar-refractivity contribution in [2.75, 3.05) is 13.6 Å². The lowest BCUT2D eigenvalue weighted by Crippen LogP contribution is -2.32. The van der Waals surface area contributed by atoms with Crippen molar-refractivity contribution in [3.05, 3.63) is 22.4 Å². The van der Waals surface area contributed by atoms with E-state index in [1.807, 2.05) is 30.8 Å². The molecule has 0 spiro atoms. The van der Waals surface area contributed by atoms with E-state index < -0.39 is 5.60 Å². The summed E-state index contributed by atoms with van der Waals surface area (Å²) < 4.78 is 0. The molecule has 0 amide bonds. The first-order valence-electron chi connectivity index (χ1n) is 3.56. The number of thiophene rings is 1. The molecule has 1 aromatic rings. The van der Waals surface area contributed by atoms with Crippen LogP contribution in [-0.4, -0.2) is 18.7 Å². The third-order valence-corrected chi connectivity index (χ3v) is 2.35. The molecule has 1 aromatic heterocycles. The molecule has 0 bridgehead atoms. The van der Waals surface area contributed by atoms with Gasteiger partial charge in [-0.3, -0.25) is 0 Å². The minimum atomic E-state index is -0.727. The topological polar surface area (TPSA) is 32.3 Å². The van der Waals surface area contributed by atoms with Gasteiger partial charge in [0.25, 0.3) is 0 Å². The molecule has 11 heavy (non-hydrogen) atoms. The summed E-state index contributed by atoms with van der Waals surface area (Å²) in [6, 6.07) is 1.95. The van der Waals surface area contributed by atoms with Gasteiger partial charge in [-0.1, -0.05) is 0 Å². The van der Waals surface area contributed by atoms with Crippen molar-refractivity contribution in [1.29, 1.82) is 0 Å². The zero-order valence-electron chi connectivity index (χ0n) is 6.79. The second kappa shape index (κ2) is 3.34. The average Bonchev–Trinajstić information content (AvgIpc) is 2.37. The van der Waals surface area contributed by atoms with Gasteiger partial charge in [-0.15, -0.1) is 0 Å². The molecule has 2 nitrogen and oxygen atoms in total. The molecule has 0 aliphatic heterocycles. The summed E-state index contributed by atoms with van der Waals surface area (Å²) in [4.78, 5) is 0. The first-order chi connectivity index (χ1) is 5.17. The molecule has 0 aliphatic carbocycles. The van der Waals surface area contributed by atoms with Gasteiger partial charge in [0.2, 0.25) is 0 Å². The fourth-order valence-corrected chi connectivity index (χ4v) is 1.80. The Morgan fingerprint density at radius 2 is 2.45 bits per heavy atom. The van der Waals surface area contributed by atoms with Gasteiger partial charge in [-0.2, -0.15) is 11.3 Å². The molecule has 1 atom stereocenters. The largest absolute Gasteiger partial charge is 0.384 e. The van der Waals surface area contributed by atoms with Crippen LogP contribution in [0.25, 0.3) is 0 Å². The lowest BCUT2D eigenvalue weighted by atomic mass is 10.00. The molecule has 0 aliphatic rings. The van der Waals surface area contributed by atoms with Gasteiger partial charge >= 0.3 is 0 Å². The Labute approximate surface area is 70.9 Å². The molecule has 1 unspecified atom stereocenters. The summed E-state index contributed by atoms with van der Waals surface area (Å²) in [5.74, 6) is 0. The fourth-order valence-electron chi connectivity index (χ4n) is 1.02. The van der Waals surface area contributed by atoms with Gasteiger partial charge in [-0.25, -0.2) is 0 Å². The van der Waals surface area contributed by atoms with Gasteiger partial charge in [0.05, 0.1) is 5.60 Å². The van der Waals surface area contributed by atoms with Gasteiger partial charge in [-0.05, 0) is 36.4 Å². The summed E-state index contributed by atoms with van der Waals surface area (Å²) in [6.45, 7) is 2.40. The Bertz CT molecular complexity index is 206. The van der Waals surface area contributed by atoms with E-state index in [4.69, 9.17) is 0 Å². The van der Waals surface area contributed by atoms with Crippen molar-refractivity contribution in [3.8, 4) is 0 Å².